The first-order valence-corrected chi connectivity index (χ1v) is 10.9. The standard InChI is InChI=1S/C19H24N4O2S2/c1-13(11-24-2)20-18-17-14(15-4-3-9-26-15)12-27-19(17)22-16(21-18)10-23-5-7-25-8-6-23/h3-4,9,12-13H,5-8,10-11H2,1-2H3,(H,20,21,22). The molecular weight excluding hydrogens is 380 g/mol. The van der Waals surface area contributed by atoms with Gasteiger partial charge in [-0.25, -0.2) is 9.97 Å². The zero-order valence-corrected chi connectivity index (χ0v) is 17.2. The van der Waals surface area contributed by atoms with Crippen LogP contribution in [0.25, 0.3) is 20.7 Å². The predicted molar refractivity (Wildman–Crippen MR) is 112 cm³/mol. The maximum Gasteiger partial charge on any atom is 0.146 e. The van der Waals surface area contributed by atoms with Crippen LogP contribution in [-0.4, -0.2) is 60.9 Å². The molecule has 3 aromatic heterocycles. The van der Waals surface area contributed by atoms with Gasteiger partial charge >= 0.3 is 0 Å². The van der Waals surface area contributed by atoms with E-state index < -0.39 is 0 Å². The maximum absolute atomic E-state index is 5.45. The normalized spacial score (nSPS) is 16.7. The number of thiophene rings is 2. The number of rotatable bonds is 7. The number of anilines is 1. The summed E-state index contributed by atoms with van der Waals surface area (Å²) in [6.45, 7) is 6.89. The Hall–Kier alpha value is -1.58. The number of hydrogen-bond acceptors (Lipinski definition) is 8. The Morgan fingerprint density at radius 3 is 2.89 bits per heavy atom. The van der Waals surface area contributed by atoms with Crippen molar-refractivity contribution in [3.05, 3.63) is 28.7 Å². The third-order valence-electron chi connectivity index (χ3n) is 4.54. The van der Waals surface area contributed by atoms with Gasteiger partial charge in [0, 0.05) is 42.1 Å². The van der Waals surface area contributed by atoms with Crippen molar-refractivity contribution in [1.82, 2.24) is 14.9 Å². The second-order valence-electron chi connectivity index (χ2n) is 6.68. The molecule has 4 heterocycles. The summed E-state index contributed by atoms with van der Waals surface area (Å²) in [5, 5.41) is 8.95. The first-order valence-electron chi connectivity index (χ1n) is 9.12. The molecule has 4 rings (SSSR count). The molecule has 0 amide bonds. The number of fused-ring (bicyclic) bond motifs is 1. The first-order chi connectivity index (χ1) is 13.2. The molecule has 0 aromatic carbocycles. The van der Waals surface area contributed by atoms with E-state index in [1.165, 1.54) is 10.4 Å². The topological polar surface area (TPSA) is 59.5 Å². The molecule has 1 unspecified atom stereocenters. The van der Waals surface area contributed by atoms with Crippen molar-refractivity contribution in [2.75, 3.05) is 45.3 Å². The molecule has 0 aliphatic carbocycles. The van der Waals surface area contributed by atoms with Gasteiger partial charge in [-0.05, 0) is 18.4 Å². The summed E-state index contributed by atoms with van der Waals surface area (Å²) in [5.74, 6) is 1.76. The molecule has 3 aromatic rings. The van der Waals surface area contributed by atoms with Crippen LogP contribution in [0.1, 0.15) is 12.7 Å². The molecule has 27 heavy (non-hydrogen) atoms. The summed E-state index contributed by atoms with van der Waals surface area (Å²) in [6.07, 6.45) is 0. The highest BCUT2D eigenvalue weighted by atomic mass is 32.1. The fraction of sp³-hybridized carbons (Fsp3) is 0.474. The largest absolute Gasteiger partial charge is 0.383 e. The summed E-state index contributed by atoms with van der Waals surface area (Å²) in [7, 11) is 1.72. The van der Waals surface area contributed by atoms with E-state index in [4.69, 9.17) is 19.4 Å². The van der Waals surface area contributed by atoms with Gasteiger partial charge in [0.2, 0.25) is 0 Å². The van der Waals surface area contributed by atoms with E-state index in [9.17, 15) is 0 Å². The average molecular weight is 405 g/mol. The van der Waals surface area contributed by atoms with Crippen LogP contribution < -0.4 is 5.32 Å². The summed E-state index contributed by atoms with van der Waals surface area (Å²) >= 11 is 3.43. The zero-order chi connectivity index (χ0) is 18.6. The number of nitrogens with zero attached hydrogens (tertiary/aromatic N) is 3. The SMILES string of the molecule is COCC(C)Nc1nc(CN2CCOCC2)nc2scc(-c3cccs3)c12. The zero-order valence-electron chi connectivity index (χ0n) is 15.6. The second kappa shape index (κ2) is 8.62. The molecule has 1 fully saturated rings. The van der Waals surface area contributed by atoms with Crippen LogP contribution in [0.2, 0.25) is 0 Å². The van der Waals surface area contributed by atoms with Crippen LogP contribution in [0, 0.1) is 0 Å². The van der Waals surface area contributed by atoms with E-state index in [-0.39, 0.29) is 6.04 Å². The van der Waals surface area contributed by atoms with Crippen LogP contribution in [0.15, 0.2) is 22.9 Å². The molecule has 8 heteroatoms. The molecule has 1 saturated heterocycles. The van der Waals surface area contributed by atoms with Crippen LogP contribution in [0.4, 0.5) is 5.82 Å². The lowest BCUT2D eigenvalue weighted by molar-refractivity contribution is 0.0331. The minimum Gasteiger partial charge on any atom is -0.383 e. The summed E-state index contributed by atoms with van der Waals surface area (Å²) < 4.78 is 10.8. The van der Waals surface area contributed by atoms with Gasteiger partial charge in [0.1, 0.15) is 16.5 Å². The van der Waals surface area contributed by atoms with E-state index in [0.29, 0.717) is 6.61 Å². The lowest BCUT2D eigenvalue weighted by Crippen LogP contribution is -2.36. The Labute approximate surface area is 167 Å². The monoisotopic (exact) mass is 404 g/mol. The Morgan fingerprint density at radius 2 is 2.15 bits per heavy atom. The first kappa shape index (κ1) is 18.8. The van der Waals surface area contributed by atoms with Crippen LogP contribution >= 0.6 is 22.7 Å². The fourth-order valence-electron chi connectivity index (χ4n) is 3.26. The van der Waals surface area contributed by atoms with E-state index in [0.717, 1.165) is 54.7 Å². The van der Waals surface area contributed by atoms with Crippen molar-refractivity contribution in [2.24, 2.45) is 0 Å². The van der Waals surface area contributed by atoms with Gasteiger partial charge in [0.25, 0.3) is 0 Å². The fourth-order valence-corrected chi connectivity index (χ4v) is 5.04. The number of methoxy groups -OCH3 is 1. The third-order valence-corrected chi connectivity index (χ3v) is 6.31. The van der Waals surface area contributed by atoms with Crippen molar-refractivity contribution in [1.29, 1.82) is 0 Å². The lowest BCUT2D eigenvalue weighted by Gasteiger charge is -2.26. The minimum atomic E-state index is 0.167. The van der Waals surface area contributed by atoms with Crippen molar-refractivity contribution >= 4 is 38.7 Å². The molecule has 0 spiro atoms. The van der Waals surface area contributed by atoms with Gasteiger partial charge in [0.15, 0.2) is 0 Å². The molecule has 1 aliphatic heterocycles. The molecular formula is C19H24N4O2S2. The Balaban J connectivity index is 1.71. The van der Waals surface area contributed by atoms with Gasteiger partial charge in [-0.15, -0.1) is 22.7 Å². The van der Waals surface area contributed by atoms with Crippen LogP contribution in [0.5, 0.6) is 0 Å². The molecule has 0 radical (unpaired) electrons. The Kier molecular flexibility index (Phi) is 5.99. The quantitative estimate of drug-likeness (QED) is 0.648. The van der Waals surface area contributed by atoms with Crippen molar-refractivity contribution < 1.29 is 9.47 Å². The van der Waals surface area contributed by atoms with Gasteiger partial charge in [-0.2, -0.15) is 0 Å². The number of aromatic nitrogens is 2. The Bertz CT molecular complexity index is 875. The van der Waals surface area contributed by atoms with E-state index in [1.807, 2.05) is 0 Å². The van der Waals surface area contributed by atoms with Crippen molar-refractivity contribution in [3.8, 4) is 10.4 Å². The third kappa shape index (κ3) is 4.30. The highest BCUT2D eigenvalue weighted by molar-refractivity contribution is 7.18. The summed E-state index contributed by atoms with van der Waals surface area (Å²) in [6, 6.07) is 4.40. The van der Waals surface area contributed by atoms with Crippen LogP contribution in [0.3, 0.4) is 0 Å². The highest BCUT2D eigenvalue weighted by Crippen LogP contribution is 2.39. The average Bonchev–Trinajstić information content (AvgIpc) is 3.32. The number of morpholine rings is 1. The maximum atomic E-state index is 5.45. The number of ether oxygens (including phenoxy) is 2. The molecule has 0 saturated carbocycles. The molecule has 0 bridgehead atoms. The van der Waals surface area contributed by atoms with E-state index >= 15 is 0 Å². The number of nitrogens with one attached hydrogen (secondary N) is 1. The predicted octanol–water partition coefficient (Wildman–Crippen LogP) is 3.70. The molecule has 6 nitrogen and oxygen atoms in total. The van der Waals surface area contributed by atoms with Crippen LogP contribution in [-0.2, 0) is 16.0 Å². The van der Waals surface area contributed by atoms with E-state index in [2.05, 4.69) is 40.0 Å². The second-order valence-corrected chi connectivity index (χ2v) is 8.49. The van der Waals surface area contributed by atoms with E-state index in [1.54, 1.807) is 29.8 Å². The Morgan fingerprint density at radius 1 is 1.30 bits per heavy atom. The van der Waals surface area contributed by atoms with Gasteiger partial charge in [-0.1, -0.05) is 6.07 Å². The van der Waals surface area contributed by atoms with Crippen molar-refractivity contribution in [2.45, 2.75) is 19.5 Å². The van der Waals surface area contributed by atoms with Crippen molar-refractivity contribution in [3.63, 3.8) is 0 Å². The summed E-state index contributed by atoms with van der Waals surface area (Å²) in [5.41, 5.74) is 1.20. The molecule has 144 valence electrons. The minimum absolute atomic E-state index is 0.167. The van der Waals surface area contributed by atoms with Gasteiger partial charge < -0.3 is 14.8 Å². The summed E-state index contributed by atoms with van der Waals surface area (Å²) in [4.78, 5) is 14.4. The molecule has 1 atom stereocenters. The van der Waals surface area contributed by atoms with Gasteiger partial charge in [0.05, 0.1) is 31.8 Å². The molecule has 1 aliphatic rings. The molecule has 1 N–H and O–H groups in total. The lowest BCUT2D eigenvalue weighted by atomic mass is 10.2. The van der Waals surface area contributed by atoms with Gasteiger partial charge in [-0.3, -0.25) is 4.90 Å². The number of hydrogen-bond donors (Lipinski definition) is 1. The highest BCUT2D eigenvalue weighted by Gasteiger charge is 2.19. The smallest absolute Gasteiger partial charge is 0.146 e.